The molecule has 0 saturated carbocycles. The second-order valence-corrected chi connectivity index (χ2v) is 8.12. The van der Waals surface area contributed by atoms with Gasteiger partial charge in [0.25, 0.3) is 5.56 Å². The summed E-state index contributed by atoms with van der Waals surface area (Å²) in [6.45, 7) is 3.06. The topological polar surface area (TPSA) is 108 Å². The van der Waals surface area contributed by atoms with Crippen molar-refractivity contribution in [2.24, 2.45) is 12.8 Å². The normalized spacial score (nSPS) is 16.8. The summed E-state index contributed by atoms with van der Waals surface area (Å²) in [5.41, 5.74) is 6.07. The molecule has 1 aromatic carbocycles. The summed E-state index contributed by atoms with van der Waals surface area (Å²) in [7, 11) is 1.57. The first-order valence-corrected chi connectivity index (χ1v) is 10.9. The number of rotatable bonds is 6. The molecule has 1 unspecified atom stereocenters. The average Bonchev–Trinajstić information content (AvgIpc) is 3.19. The first kappa shape index (κ1) is 21.8. The highest BCUT2D eigenvalue weighted by molar-refractivity contribution is 5.96. The Morgan fingerprint density at radius 3 is 2.69 bits per heavy atom. The van der Waals surface area contributed by atoms with E-state index in [1.54, 1.807) is 48.1 Å². The van der Waals surface area contributed by atoms with Gasteiger partial charge in [-0.25, -0.2) is 4.79 Å². The smallest absolute Gasteiger partial charge is 0.332 e. The van der Waals surface area contributed by atoms with Gasteiger partial charge in [-0.15, -0.1) is 0 Å². The van der Waals surface area contributed by atoms with Crippen molar-refractivity contribution < 1.29 is 4.79 Å². The summed E-state index contributed by atoms with van der Waals surface area (Å²) in [5.74, 6) is 0.278. The monoisotopic (exact) mass is 436 g/mol. The van der Waals surface area contributed by atoms with Gasteiger partial charge >= 0.3 is 5.69 Å². The highest BCUT2D eigenvalue weighted by Crippen LogP contribution is 2.23. The Morgan fingerprint density at radius 2 is 2.00 bits per heavy atom. The highest BCUT2D eigenvalue weighted by atomic mass is 16.2. The number of allylic oxidation sites excluding steroid dienone is 1. The number of nitrogens with two attached hydrogens (primary N) is 1. The molecular weight excluding hydrogens is 408 g/mol. The molecule has 0 spiro atoms. The SMILES string of the molecule is CCC=Cn1c(N2CCCC(N)C2)nc2c1c(=O)n(CC(=O)c1ccccc1)c(=O)n2C. The van der Waals surface area contributed by atoms with Crippen LogP contribution < -0.4 is 21.9 Å². The predicted molar refractivity (Wildman–Crippen MR) is 125 cm³/mol. The Labute approximate surface area is 185 Å². The van der Waals surface area contributed by atoms with E-state index in [0.29, 0.717) is 23.7 Å². The van der Waals surface area contributed by atoms with Crippen LogP contribution in [0.1, 0.15) is 36.5 Å². The quantitative estimate of drug-likeness (QED) is 0.588. The van der Waals surface area contributed by atoms with E-state index in [0.717, 1.165) is 30.4 Å². The standard InChI is InChI=1S/C23H28N6O3/c1-3-4-13-28-19-20(25-22(28)27-12-8-11-17(24)14-27)26(2)23(32)29(21(19)31)15-18(30)16-9-6-5-7-10-16/h4-7,9-10,13,17H,3,8,11-12,14-15,24H2,1-2H3. The molecule has 2 N–H and O–H groups in total. The van der Waals surface area contributed by atoms with Gasteiger partial charge in [0.15, 0.2) is 16.9 Å². The van der Waals surface area contributed by atoms with Crippen LogP contribution >= 0.6 is 0 Å². The molecule has 9 heteroatoms. The molecule has 3 aromatic rings. The second kappa shape index (κ2) is 8.96. The van der Waals surface area contributed by atoms with Crippen LogP contribution in [0.15, 0.2) is 46.0 Å². The zero-order valence-electron chi connectivity index (χ0n) is 18.4. The maximum absolute atomic E-state index is 13.5. The molecule has 0 bridgehead atoms. The molecule has 168 valence electrons. The van der Waals surface area contributed by atoms with E-state index in [-0.39, 0.29) is 23.9 Å². The van der Waals surface area contributed by atoms with Gasteiger partial charge in [-0.1, -0.05) is 43.3 Å². The van der Waals surface area contributed by atoms with E-state index in [1.165, 1.54) is 4.57 Å². The van der Waals surface area contributed by atoms with Crippen molar-refractivity contribution in [1.82, 2.24) is 18.7 Å². The van der Waals surface area contributed by atoms with Crippen LogP contribution in [0.5, 0.6) is 0 Å². The van der Waals surface area contributed by atoms with E-state index in [9.17, 15) is 14.4 Å². The highest BCUT2D eigenvalue weighted by Gasteiger charge is 2.26. The molecule has 0 amide bonds. The minimum absolute atomic E-state index is 0.0242. The molecule has 9 nitrogen and oxygen atoms in total. The molecule has 1 aliphatic heterocycles. The van der Waals surface area contributed by atoms with Crippen molar-refractivity contribution in [3.05, 3.63) is 62.8 Å². The molecule has 2 aromatic heterocycles. The lowest BCUT2D eigenvalue weighted by atomic mass is 10.1. The molecule has 1 aliphatic rings. The van der Waals surface area contributed by atoms with E-state index < -0.39 is 11.2 Å². The first-order chi connectivity index (χ1) is 15.4. The third-order valence-electron chi connectivity index (χ3n) is 5.79. The number of hydrogen-bond donors (Lipinski definition) is 1. The van der Waals surface area contributed by atoms with Crippen LogP contribution in [-0.4, -0.2) is 43.6 Å². The largest absolute Gasteiger partial charge is 0.340 e. The van der Waals surface area contributed by atoms with Crippen LogP contribution in [0.2, 0.25) is 0 Å². The summed E-state index contributed by atoms with van der Waals surface area (Å²) in [4.78, 5) is 45.9. The predicted octanol–water partition coefficient (Wildman–Crippen LogP) is 1.59. The van der Waals surface area contributed by atoms with Crippen molar-refractivity contribution in [2.45, 2.75) is 38.8 Å². The van der Waals surface area contributed by atoms with Crippen molar-refractivity contribution in [3.8, 4) is 0 Å². The van der Waals surface area contributed by atoms with E-state index in [4.69, 9.17) is 5.73 Å². The van der Waals surface area contributed by atoms with E-state index >= 15 is 0 Å². The third kappa shape index (κ3) is 3.91. The molecule has 32 heavy (non-hydrogen) atoms. The van der Waals surface area contributed by atoms with Gasteiger partial charge in [-0.3, -0.25) is 23.3 Å². The second-order valence-electron chi connectivity index (χ2n) is 8.12. The first-order valence-electron chi connectivity index (χ1n) is 10.9. The van der Waals surface area contributed by atoms with Gasteiger partial charge < -0.3 is 10.6 Å². The summed E-state index contributed by atoms with van der Waals surface area (Å²) in [6, 6.07) is 8.66. The Kier molecular flexibility index (Phi) is 6.09. The maximum Gasteiger partial charge on any atom is 0.332 e. The van der Waals surface area contributed by atoms with Crippen LogP contribution in [0.25, 0.3) is 17.4 Å². The van der Waals surface area contributed by atoms with Crippen LogP contribution in [0, 0.1) is 0 Å². The van der Waals surface area contributed by atoms with E-state index in [2.05, 4.69) is 9.88 Å². The summed E-state index contributed by atoms with van der Waals surface area (Å²) in [6.07, 6.45) is 6.37. The number of carbonyl (C=O) groups is 1. The van der Waals surface area contributed by atoms with Crippen molar-refractivity contribution in [1.29, 1.82) is 0 Å². The van der Waals surface area contributed by atoms with Gasteiger partial charge in [0.2, 0.25) is 5.95 Å². The fourth-order valence-corrected chi connectivity index (χ4v) is 4.09. The van der Waals surface area contributed by atoms with Gasteiger partial charge in [0, 0.05) is 37.9 Å². The van der Waals surface area contributed by atoms with Crippen LogP contribution in [0.4, 0.5) is 5.95 Å². The third-order valence-corrected chi connectivity index (χ3v) is 5.79. The fraction of sp³-hybridized carbons (Fsp3) is 0.391. The number of fused-ring (bicyclic) bond motifs is 1. The number of hydrogen-bond acceptors (Lipinski definition) is 6. The number of imidazole rings is 1. The number of Topliss-reactive ketones (excluding diaryl/α,β-unsaturated/α-hetero) is 1. The van der Waals surface area contributed by atoms with Crippen molar-refractivity contribution >= 4 is 29.1 Å². The maximum atomic E-state index is 13.5. The molecule has 3 heterocycles. The number of aromatic nitrogens is 4. The minimum Gasteiger partial charge on any atom is -0.340 e. The fourth-order valence-electron chi connectivity index (χ4n) is 4.09. The van der Waals surface area contributed by atoms with E-state index in [1.807, 2.05) is 13.0 Å². The zero-order chi connectivity index (χ0) is 22.8. The zero-order valence-corrected chi connectivity index (χ0v) is 18.4. The minimum atomic E-state index is -0.571. The molecule has 4 rings (SSSR count). The number of nitrogens with zero attached hydrogens (tertiary/aromatic N) is 5. The average molecular weight is 437 g/mol. The molecule has 1 atom stereocenters. The Bertz CT molecular complexity index is 1290. The lowest BCUT2D eigenvalue weighted by molar-refractivity contribution is 0.0969. The van der Waals surface area contributed by atoms with Gasteiger partial charge in [-0.2, -0.15) is 4.98 Å². The molecular formula is C23H28N6O3. The number of aryl methyl sites for hydroxylation is 1. The molecule has 1 fully saturated rings. The number of ketones is 1. The number of anilines is 1. The molecule has 0 aliphatic carbocycles. The lowest BCUT2D eigenvalue weighted by Gasteiger charge is -2.31. The van der Waals surface area contributed by atoms with Crippen molar-refractivity contribution in [3.63, 3.8) is 0 Å². The van der Waals surface area contributed by atoms with Gasteiger partial charge in [-0.05, 0) is 19.3 Å². The Morgan fingerprint density at radius 1 is 1.25 bits per heavy atom. The number of piperidine rings is 1. The Balaban J connectivity index is 1.89. The summed E-state index contributed by atoms with van der Waals surface area (Å²) in [5, 5.41) is 0. The number of carbonyl (C=O) groups excluding carboxylic acids is 1. The lowest BCUT2D eigenvalue weighted by Crippen LogP contribution is -2.43. The van der Waals surface area contributed by atoms with Crippen LogP contribution in [-0.2, 0) is 13.6 Å². The van der Waals surface area contributed by atoms with Gasteiger partial charge in [0.05, 0.1) is 6.54 Å². The van der Waals surface area contributed by atoms with Crippen molar-refractivity contribution in [2.75, 3.05) is 18.0 Å². The summed E-state index contributed by atoms with van der Waals surface area (Å²) >= 11 is 0. The molecule has 0 radical (unpaired) electrons. The van der Waals surface area contributed by atoms with Crippen LogP contribution in [0.3, 0.4) is 0 Å². The summed E-state index contributed by atoms with van der Waals surface area (Å²) < 4.78 is 4.04. The molecule has 1 saturated heterocycles. The number of benzene rings is 1. The Hall–Kier alpha value is -3.46. The van der Waals surface area contributed by atoms with Gasteiger partial charge in [0.1, 0.15) is 0 Å².